The minimum atomic E-state index is -0.313. The zero-order chi connectivity index (χ0) is 10.8. The summed E-state index contributed by atoms with van der Waals surface area (Å²) in [5.74, 6) is 5.15. The van der Waals surface area contributed by atoms with Crippen molar-refractivity contribution >= 4 is 5.97 Å². The van der Waals surface area contributed by atoms with Crippen LogP contribution in [0, 0.1) is 11.8 Å². The lowest BCUT2D eigenvalue weighted by Gasteiger charge is -1.93. The molecule has 0 amide bonds. The lowest BCUT2D eigenvalue weighted by atomic mass is 10.2. The average Bonchev–Trinajstić information content (AvgIpc) is 2.13. The largest absolute Gasteiger partial charge is 0.462 e. The quantitative estimate of drug-likeness (QED) is 0.413. The number of carbonyl (C=O) groups is 1. The number of rotatable bonds is 4. The third kappa shape index (κ3) is 8.57. The van der Waals surface area contributed by atoms with Crippen LogP contribution < -0.4 is 0 Å². The molecule has 0 aromatic rings. The molecule has 3 heteroatoms. The van der Waals surface area contributed by atoms with Gasteiger partial charge < -0.3 is 9.84 Å². The normalized spacial score (nSPS) is 9.29. The number of hydrogen-bond acceptors (Lipinski definition) is 3. The van der Waals surface area contributed by atoms with Crippen molar-refractivity contribution in [2.24, 2.45) is 0 Å². The molecular weight excluding hydrogens is 180 g/mol. The Hall–Kier alpha value is -1.53. The van der Waals surface area contributed by atoms with Crippen molar-refractivity contribution in [2.45, 2.75) is 13.3 Å². The van der Waals surface area contributed by atoms with E-state index in [-0.39, 0.29) is 19.2 Å². The molecule has 0 aliphatic rings. The van der Waals surface area contributed by atoms with Crippen LogP contribution in [0.2, 0.25) is 0 Å². The molecule has 0 fully saturated rings. The Morgan fingerprint density at radius 3 is 2.93 bits per heavy atom. The van der Waals surface area contributed by atoms with Crippen LogP contribution in [0.5, 0.6) is 0 Å². The smallest absolute Gasteiger partial charge is 0.302 e. The highest BCUT2D eigenvalue weighted by atomic mass is 16.5. The van der Waals surface area contributed by atoms with E-state index in [1.54, 1.807) is 12.2 Å². The maximum absolute atomic E-state index is 10.4. The van der Waals surface area contributed by atoms with Gasteiger partial charge in [-0.1, -0.05) is 18.4 Å². The fourth-order valence-corrected chi connectivity index (χ4v) is 0.629. The van der Waals surface area contributed by atoms with Gasteiger partial charge in [0.2, 0.25) is 0 Å². The third-order valence-corrected chi connectivity index (χ3v) is 1.19. The number of ether oxygens (including phenoxy) is 1. The standard InChI is InChI=1S/C11H14O3/c1-10(6-3-4-8-12)7-5-9-14-11(2)13/h5,7,12H,1,4,8-9H2,2H3/b7-5+. The number of esters is 1. The highest BCUT2D eigenvalue weighted by Gasteiger charge is 1.86. The van der Waals surface area contributed by atoms with E-state index < -0.39 is 0 Å². The van der Waals surface area contributed by atoms with Gasteiger partial charge in [-0.25, -0.2) is 0 Å². The highest BCUT2D eigenvalue weighted by molar-refractivity contribution is 5.66. The number of aliphatic hydroxyl groups is 1. The van der Waals surface area contributed by atoms with Crippen LogP contribution in [0.25, 0.3) is 0 Å². The second kappa shape index (κ2) is 8.09. The van der Waals surface area contributed by atoms with Crippen molar-refractivity contribution in [3.8, 4) is 11.8 Å². The Bertz CT molecular complexity index is 279. The van der Waals surface area contributed by atoms with E-state index in [4.69, 9.17) is 5.11 Å². The van der Waals surface area contributed by atoms with Gasteiger partial charge in [-0.2, -0.15) is 0 Å². The summed E-state index contributed by atoms with van der Waals surface area (Å²) in [6.45, 7) is 5.30. The van der Waals surface area contributed by atoms with E-state index in [9.17, 15) is 4.79 Å². The van der Waals surface area contributed by atoms with Crippen molar-refractivity contribution in [1.82, 2.24) is 0 Å². The maximum Gasteiger partial charge on any atom is 0.302 e. The molecule has 0 heterocycles. The van der Waals surface area contributed by atoms with E-state index in [0.717, 1.165) is 0 Å². The summed E-state index contributed by atoms with van der Waals surface area (Å²) in [6, 6.07) is 0. The third-order valence-electron chi connectivity index (χ3n) is 1.19. The summed E-state index contributed by atoms with van der Waals surface area (Å²) in [7, 11) is 0. The Kier molecular flexibility index (Phi) is 7.20. The van der Waals surface area contributed by atoms with Crippen LogP contribution in [0.4, 0.5) is 0 Å². The summed E-state index contributed by atoms with van der Waals surface area (Å²) in [5.41, 5.74) is 0.630. The van der Waals surface area contributed by atoms with Crippen molar-refractivity contribution in [2.75, 3.05) is 13.2 Å². The van der Waals surface area contributed by atoms with E-state index in [2.05, 4.69) is 23.2 Å². The molecule has 0 aliphatic carbocycles. The first-order valence-electron chi connectivity index (χ1n) is 4.25. The highest BCUT2D eigenvalue weighted by Crippen LogP contribution is 1.90. The molecule has 0 bridgehead atoms. The first kappa shape index (κ1) is 12.5. The predicted octanol–water partition coefficient (Wildman–Crippen LogP) is 1.05. The van der Waals surface area contributed by atoms with Crippen LogP contribution in [-0.4, -0.2) is 24.3 Å². The van der Waals surface area contributed by atoms with Crippen molar-refractivity contribution in [3.05, 3.63) is 24.3 Å². The van der Waals surface area contributed by atoms with Gasteiger partial charge in [-0.05, 0) is 12.2 Å². The van der Waals surface area contributed by atoms with Crippen molar-refractivity contribution < 1.29 is 14.6 Å². The van der Waals surface area contributed by atoms with Gasteiger partial charge >= 0.3 is 5.97 Å². The summed E-state index contributed by atoms with van der Waals surface area (Å²) in [6.07, 6.45) is 3.78. The lowest BCUT2D eigenvalue weighted by Crippen LogP contribution is -1.97. The van der Waals surface area contributed by atoms with Crippen LogP contribution in [0.15, 0.2) is 24.3 Å². The molecule has 14 heavy (non-hydrogen) atoms. The molecule has 0 spiro atoms. The van der Waals surface area contributed by atoms with Crippen LogP contribution in [0.3, 0.4) is 0 Å². The molecule has 0 radical (unpaired) electrons. The van der Waals surface area contributed by atoms with Gasteiger partial charge in [0, 0.05) is 18.9 Å². The van der Waals surface area contributed by atoms with E-state index in [0.29, 0.717) is 12.0 Å². The zero-order valence-corrected chi connectivity index (χ0v) is 8.25. The summed E-state index contributed by atoms with van der Waals surface area (Å²) >= 11 is 0. The van der Waals surface area contributed by atoms with E-state index in [1.807, 2.05) is 0 Å². The Morgan fingerprint density at radius 1 is 1.64 bits per heavy atom. The van der Waals surface area contributed by atoms with Crippen LogP contribution >= 0.6 is 0 Å². The number of hydrogen-bond donors (Lipinski definition) is 1. The van der Waals surface area contributed by atoms with Crippen LogP contribution in [-0.2, 0) is 9.53 Å². The summed E-state index contributed by atoms with van der Waals surface area (Å²) < 4.78 is 4.66. The fraction of sp³-hybridized carbons (Fsp3) is 0.364. The van der Waals surface area contributed by atoms with E-state index >= 15 is 0 Å². The first-order valence-corrected chi connectivity index (χ1v) is 4.25. The SMILES string of the molecule is C=C(C#CCCO)/C=C/COC(C)=O. The molecule has 0 unspecified atom stereocenters. The molecule has 76 valence electrons. The minimum absolute atomic E-state index is 0.0530. The van der Waals surface area contributed by atoms with Gasteiger partial charge in [0.25, 0.3) is 0 Å². The van der Waals surface area contributed by atoms with Crippen molar-refractivity contribution in [3.63, 3.8) is 0 Å². The monoisotopic (exact) mass is 194 g/mol. The second-order valence-corrected chi connectivity index (χ2v) is 2.51. The number of aliphatic hydroxyl groups excluding tert-OH is 1. The molecule has 0 aliphatic heterocycles. The molecule has 0 saturated heterocycles. The molecule has 1 N–H and O–H groups in total. The van der Waals surface area contributed by atoms with Gasteiger partial charge in [0.05, 0.1) is 6.61 Å². The molecule has 0 aromatic carbocycles. The van der Waals surface area contributed by atoms with Crippen molar-refractivity contribution in [1.29, 1.82) is 0 Å². The van der Waals surface area contributed by atoms with Gasteiger partial charge in [-0.3, -0.25) is 4.79 Å². The van der Waals surface area contributed by atoms with E-state index in [1.165, 1.54) is 6.92 Å². The molecule has 0 rings (SSSR count). The Morgan fingerprint density at radius 2 is 2.36 bits per heavy atom. The summed E-state index contributed by atoms with van der Waals surface area (Å²) in [4.78, 5) is 10.4. The second-order valence-electron chi connectivity index (χ2n) is 2.51. The molecule has 0 atom stereocenters. The topological polar surface area (TPSA) is 46.5 Å². The molecule has 0 aromatic heterocycles. The van der Waals surface area contributed by atoms with Gasteiger partial charge in [-0.15, -0.1) is 0 Å². The average molecular weight is 194 g/mol. The van der Waals surface area contributed by atoms with Gasteiger partial charge in [0.1, 0.15) is 6.61 Å². The lowest BCUT2D eigenvalue weighted by molar-refractivity contribution is -0.139. The predicted molar refractivity (Wildman–Crippen MR) is 54.4 cm³/mol. The fourth-order valence-electron chi connectivity index (χ4n) is 0.629. The molecule has 3 nitrogen and oxygen atoms in total. The minimum Gasteiger partial charge on any atom is -0.462 e. The Labute approximate surface area is 84.1 Å². The first-order chi connectivity index (χ1) is 6.66. The number of allylic oxidation sites excluding steroid dienone is 2. The molecule has 0 saturated carbocycles. The number of carbonyl (C=O) groups excluding carboxylic acids is 1. The molecular formula is C11H14O3. The summed E-state index contributed by atoms with van der Waals surface area (Å²) in [5, 5.41) is 8.45. The van der Waals surface area contributed by atoms with Gasteiger partial charge in [0.15, 0.2) is 0 Å². The van der Waals surface area contributed by atoms with Crippen LogP contribution in [0.1, 0.15) is 13.3 Å². The zero-order valence-electron chi connectivity index (χ0n) is 8.25. The Balaban J connectivity index is 3.73. The maximum atomic E-state index is 10.4.